The van der Waals surface area contributed by atoms with E-state index in [1.807, 2.05) is 0 Å². The highest BCUT2D eigenvalue weighted by Crippen LogP contribution is 2.25. The van der Waals surface area contributed by atoms with Gasteiger partial charge in [-0.05, 0) is 36.4 Å². The van der Waals surface area contributed by atoms with Gasteiger partial charge in [0.05, 0.1) is 4.92 Å². The number of nitro groups is 1. The number of benzene rings is 2. The average Bonchev–Trinajstić information content (AvgIpc) is 2.41. The number of nitro benzene ring substituents is 1. The van der Waals surface area contributed by atoms with E-state index in [2.05, 4.69) is 0 Å². The van der Waals surface area contributed by atoms with Gasteiger partial charge in [0.15, 0.2) is 0 Å². The summed E-state index contributed by atoms with van der Waals surface area (Å²) in [4.78, 5) is 22.1. The Labute approximate surface area is 123 Å². The molecule has 2 aromatic carbocycles. The summed E-state index contributed by atoms with van der Waals surface area (Å²) < 4.78 is 5.04. The lowest BCUT2D eigenvalue weighted by Gasteiger charge is -2.05. The Morgan fingerprint density at radius 1 is 1.05 bits per heavy atom. The first-order valence-corrected chi connectivity index (χ1v) is 6.14. The molecule has 20 heavy (non-hydrogen) atoms. The molecule has 0 fully saturated rings. The van der Waals surface area contributed by atoms with Crippen LogP contribution in [0.4, 0.5) is 5.69 Å². The zero-order chi connectivity index (χ0) is 14.7. The zero-order valence-corrected chi connectivity index (χ0v) is 11.4. The van der Waals surface area contributed by atoms with Crippen LogP contribution in [-0.2, 0) is 0 Å². The van der Waals surface area contributed by atoms with Gasteiger partial charge in [-0.25, -0.2) is 4.79 Å². The van der Waals surface area contributed by atoms with Crippen molar-refractivity contribution in [2.24, 2.45) is 0 Å². The molecule has 0 unspecified atom stereocenters. The Morgan fingerprint density at radius 2 is 1.65 bits per heavy atom. The van der Waals surface area contributed by atoms with Crippen molar-refractivity contribution >= 4 is 34.9 Å². The predicted octanol–water partition coefficient (Wildman–Crippen LogP) is 4.12. The topological polar surface area (TPSA) is 69.4 Å². The third-order valence-corrected chi connectivity index (χ3v) is 2.89. The molecule has 5 nitrogen and oxygen atoms in total. The van der Waals surface area contributed by atoms with Crippen molar-refractivity contribution in [3.63, 3.8) is 0 Å². The average molecular weight is 312 g/mol. The van der Waals surface area contributed by atoms with E-state index in [-0.39, 0.29) is 16.3 Å². The van der Waals surface area contributed by atoms with Crippen molar-refractivity contribution in [3.8, 4) is 5.75 Å². The van der Waals surface area contributed by atoms with Gasteiger partial charge in [0.2, 0.25) is 0 Å². The molecule has 0 amide bonds. The van der Waals surface area contributed by atoms with Gasteiger partial charge >= 0.3 is 5.97 Å². The van der Waals surface area contributed by atoms with E-state index < -0.39 is 16.6 Å². The van der Waals surface area contributed by atoms with E-state index in [9.17, 15) is 14.9 Å². The second-order valence-electron chi connectivity index (χ2n) is 3.76. The molecule has 0 aromatic heterocycles. The maximum Gasteiger partial charge on any atom is 0.350 e. The van der Waals surface area contributed by atoms with Gasteiger partial charge < -0.3 is 4.74 Å². The van der Waals surface area contributed by atoms with E-state index in [1.165, 1.54) is 24.3 Å². The number of rotatable bonds is 3. The summed E-state index contributed by atoms with van der Waals surface area (Å²) in [5, 5.41) is 11.6. The van der Waals surface area contributed by atoms with Gasteiger partial charge in [-0.2, -0.15) is 0 Å². The molecule has 0 N–H and O–H groups in total. The molecule has 2 rings (SSSR count). The number of hydrogen-bond donors (Lipinski definition) is 0. The number of hydrogen-bond acceptors (Lipinski definition) is 4. The van der Waals surface area contributed by atoms with E-state index >= 15 is 0 Å². The first kappa shape index (κ1) is 14.3. The van der Waals surface area contributed by atoms with Gasteiger partial charge in [0.25, 0.3) is 5.69 Å². The molecule has 0 radical (unpaired) electrons. The number of carbonyl (C=O) groups is 1. The van der Waals surface area contributed by atoms with Gasteiger partial charge in [-0.3, -0.25) is 10.1 Å². The van der Waals surface area contributed by atoms with Crippen LogP contribution in [0.2, 0.25) is 10.0 Å². The molecule has 0 atom stereocenters. The summed E-state index contributed by atoms with van der Waals surface area (Å²) in [7, 11) is 0. The standard InChI is InChI=1S/C13H7Cl2NO4/c14-8-1-4-10(5-2-8)20-13(17)11-6-3-9(15)7-12(11)16(18)19/h1-7H. The van der Waals surface area contributed by atoms with E-state index in [0.717, 1.165) is 6.07 Å². The molecule has 0 aliphatic rings. The molecule has 2 aromatic rings. The third-order valence-electron chi connectivity index (χ3n) is 2.40. The van der Waals surface area contributed by atoms with Crippen LogP contribution in [0.3, 0.4) is 0 Å². The number of halogens is 2. The van der Waals surface area contributed by atoms with Crippen molar-refractivity contribution in [2.45, 2.75) is 0 Å². The number of esters is 1. The van der Waals surface area contributed by atoms with Crippen LogP contribution in [0, 0.1) is 10.1 Å². The molecule has 0 saturated heterocycles. The Balaban J connectivity index is 2.29. The van der Waals surface area contributed by atoms with E-state index in [4.69, 9.17) is 27.9 Å². The zero-order valence-electron chi connectivity index (χ0n) is 9.88. The molecular formula is C13H7Cl2NO4. The van der Waals surface area contributed by atoms with Gasteiger partial charge in [-0.15, -0.1) is 0 Å². The number of ether oxygens (including phenoxy) is 1. The summed E-state index contributed by atoms with van der Waals surface area (Å²) in [6.45, 7) is 0. The smallest absolute Gasteiger partial charge is 0.350 e. The largest absolute Gasteiger partial charge is 0.423 e. The molecule has 102 valence electrons. The second kappa shape index (κ2) is 5.90. The monoisotopic (exact) mass is 311 g/mol. The fourth-order valence-electron chi connectivity index (χ4n) is 1.49. The molecule has 0 saturated carbocycles. The van der Waals surface area contributed by atoms with E-state index in [1.54, 1.807) is 12.1 Å². The lowest BCUT2D eigenvalue weighted by atomic mass is 10.2. The van der Waals surface area contributed by atoms with Crippen LogP contribution in [-0.4, -0.2) is 10.9 Å². The Kier molecular flexibility index (Phi) is 4.22. The lowest BCUT2D eigenvalue weighted by molar-refractivity contribution is -0.385. The van der Waals surface area contributed by atoms with Crippen LogP contribution in [0.1, 0.15) is 10.4 Å². The number of carbonyl (C=O) groups excluding carboxylic acids is 1. The molecule has 0 spiro atoms. The minimum Gasteiger partial charge on any atom is -0.423 e. The third kappa shape index (κ3) is 3.26. The highest BCUT2D eigenvalue weighted by atomic mass is 35.5. The Morgan fingerprint density at radius 3 is 2.25 bits per heavy atom. The molecule has 0 aliphatic carbocycles. The predicted molar refractivity (Wildman–Crippen MR) is 74.5 cm³/mol. The quantitative estimate of drug-likeness (QED) is 0.370. The summed E-state index contributed by atoms with van der Waals surface area (Å²) in [5.74, 6) is -0.598. The van der Waals surface area contributed by atoms with Crippen LogP contribution < -0.4 is 4.74 Å². The van der Waals surface area contributed by atoms with Crippen LogP contribution in [0.5, 0.6) is 5.75 Å². The van der Waals surface area contributed by atoms with Crippen molar-refractivity contribution in [1.82, 2.24) is 0 Å². The number of nitrogens with zero attached hydrogens (tertiary/aromatic N) is 1. The van der Waals surface area contributed by atoms with Crippen molar-refractivity contribution in [1.29, 1.82) is 0 Å². The van der Waals surface area contributed by atoms with Gasteiger partial charge in [0, 0.05) is 16.1 Å². The summed E-state index contributed by atoms with van der Waals surface area (Å²) in [5.41, 5.74) is -0.578. The fraction of sp³-hybridized carbons (Fsp3) is 0. The second-order valence-corrected chi connectivity index (χ2v) is 4.63. The highest BCUT2D eigenvalue weighted by molar-refractivity contribution is 6.31. The summed E-state index contributed by atoms with van der Waals surface area (Å²) >= 11 is 11.4. The molecule has 0 aliphatic heterocycles. The highest BCUT2D eigenvalue weighted by Gasteiger charge is 2.22. The fourth-order valence-corrected chi connectivity index (χ4v) is 1.79. The summed E-state index contributed by atoms with van der Waals surface area (Å²) in [6, 6.07) is 9.79. The van der Waals surface area contributed by atoms with E-state index in [0.29, 0.717) is 5.02 Å². The first-order valence-electron chi connectivity index (χ1n) is 5.39. The maximum absolute atomic E-state index is 11.9. The van der Waals surface area contributed by atoms with Crippen LogP contribution in [0.25, 0.3) is 0 Å². The van der Waals surface area contributed by atoms with Crippen molar-refractivity contribution < 1.29 is 14.5 Å². The minimum absolute atomic E-state index is 0.166. The summed E-state index contributed by atoms with van der Waals surface area (Å²) in [6.07, 6.45) is 0. The lowest BCUT2D eigenvalue weighted by Crippen LogP contribution is -2.11. The first-order chi connectivity index (χ1) is 9.47. The molecule has 0 heterocycles. The Bertz CT molecular complexity index is 671. The van der Waals surface area contributed by atoms with Crippen molar-refractivity contribution in [3.05, 3.63) is 68.2 Å². The van der Waals surface area contributed by atoms with Gasteiger partial charge in [0.1, 0.15) is 11.3 Å². The van der Waals surface area contributed by atoms with Crippen molar-refractivity contribution in [2.75, 3.05) is 0 Å². The SMILES string of the molecule is O=C(Oc1ccc(Cl)cc1)c1ccc(Cl)cc1[N+](=O)[O-]. The normalized spacial score (nSPS) is 10.1. The molecule has 0 bridgehead atoms. The maximum atomic E-state index is 11.9. The molecule has 7 heteroatoms. The Hall–Kier alpha value is -2.11. The van der Waals surface area contributed by atoms with Crippen LogP contribution in [0.15, 0.2) is 42.5 Å². The minimum atomic E-state index is -0.837. The van der Waals surface area contributed by atoms with Gasteiger partial charge in [-0.1, -0.05) is 23.2 Å². The molecular weight excluding hydrogens is 305 g/mol. The van der Waals surface area contributed by atoms with Crippen LogP contribution >= 0.6 is 23.2 Å².